The molecule has 2 aliphatic rings. The molecule has 2 aromatic rings. The molecule has 1 aromatic heterocycles. The van der Waals surface area contributed by atoms with Crippen molar-refractivity contribution >= 4 is 11.6 Å². The molecule has 0 spiro atoms. The molecule has 2 heterocycles. The van der Waals surface area contributed by atoms with Gasteiger partial charge in [-0.3, -0.25) is 4.90 Å². The molecule has 1 aromatic carbocycles. The molecule has 23 heavy (non-hydrogen) atoms. The molecule has 122 valence electrons. The highest BCUT2D eigenvalue weighted by Gasteiger charge is 2.31. The summed E-state index contributed by atoms with van der Waals surface area (Å²) >= 11 is 5.92. The Kier molecular flexibility index (Phi) is 4.36. The quantitative estimate of drug-likeness (QED) is 0.835. The number of piperidine rings is 1. The first-order chi connectivity index (χ1) is 11.3. The second kappa shape index (κ2) is 6.62. The van der Waals surface area contributed by atoms with E-state index in [1.807, 2.05) is 24.3 Å². The lowest BCUT2D eigenvalue weighted by Crippen LogP contribution is -2.41. The van der Waals surface area contributed by atoms with Gasteiger partial charge in [-0.25, -0.2) is 0 Å². The monoisotopic (exact) mass is 331 g/mol. The molecule has 4 rings (SSSR count). The molecule has 0 N–H and O–H groups in total. The molecular weight excluding hydrogens is 310 g/mol. The molecule has 1 saturated carbocycles. The molecule has 4 nitrogen and oxygen atoms in total. The Balaban J connectivity index is 1.40. The first-order valence-electron chi connectivity index (χ1n) is 8.59. The van der Waals surface area contributed by atoms with Gasteiger partial charge in [0.2, 0.25) is 11.7 Å². The minimum Gasteiger partial charge on any atom is -0.338 e. The number of likely N-dealkylation sites (tertiary alicyclic amines) is 1. The third-order valence-electron chi connectivity index (χ3n) is 5.30. The van der Waals surface area contributed by atoms with Gasteiger partial charge in [-0.15, -0.1) is 0 Å². The van der Waals surface area contributed by atoms with Crippen LogP contribution in [0.15, 0.2) is 28.8 Å². The van der Waals surface area contributed by atoms with E-state index in [0.29, 0.717) is 16.7 Å². The Labute approximate surface area is 141 Å². The van der Waals surface area contributed by atoms with Crippen LogP contribution in [0.25, 0.3) is 11.4 Å². The average Bonchev–Trinajstić information content (AvgIpc) is 3.04. The predicted octanol–water partition coefficient (Wildman–Crippen LogP) is 4.40. The molecule has 0 unspecified atom stereocenters. The maximum absolute atomic E-state index is 5.92. The zero-order chi connectivity index (χ0) is 15.6. The van der Waals surface area contributed by atoms with Crippen LogP contribution in [0.3, 0.4) is 0 Å². The van der Waals surface area contributed by atoms with Gasteiger partial charge < -0.3 is 4.52 Å². The van der Waals surface area contributed by atoms with Crippen molar-refractivity contribution in [3.63, 3.8) is 0 Å². The van der Waals surface area contributed by atoms with E-state index >= 15 is 0 Å². The lowest BCUT2D eigenvalue weighted by Gasteiger charge is -2.40. The number of aromatic nitrogens is 2. The highest BCUT2D eigenvalue weighted by molar-refractivity contribution is 6.30. The molecule has 1 saturated heterocycles. The van der Waals surface area contributed by atoms with E-state index in [4.69, 9.17) is 16.1 Å². The van der Waals surface area contributed by atoms with E-state index in [-0.39, 0.29) is 0 Å². The number of benzene rings is 1. The summed E-state index contributed by atoms with van der Waals surface area (Å²) in [5.74, 6) is 3.18. The number of fused-ring (bicyclic) bond motifs is 1. The summed E-state index contributed by atoms with van der Waals surface area (Å²) in [6.07, 6.45) is 6.97. The minimum absolute atomic E-state index is 0.643. The van der Waals surface area contributed by atoms with Crippen molar-refractivity contribution in [1.29, 1.82) is 0 Å². The summed E-state index contributed by atoms with van der Waals surface area (Å²) < 4.78 is 5.45. The van der Waals surface area contributed by atoms with E-state index in [1.165, 1.54) is 38.6 Å². The van der Waals surface area contributed by atoms with E-state index in [0.717, 1.165) is 30.5 Å². The summed E-state index contributed by atoms with van der Waals surface area (Å²) in [6.45, 7) is 3.10. The van der Waals surface area contributed by atoms with E-state index < -0.39 is 0 Å². The fraction of sp³-hybridized carbons (Fsp3) is 0.556. The Bertz CT molecular complexity index is 655. The maximum Gasteiger partial charge on any atom is 0.241 e. The molecule has 0 bridgehead atoms. The maximum atomic E-state index is 5.92. The lowest BCUT2D eigenvalue weighted by molar-refractivity contribution is 0.0747. The first kappa shape index (κ1) is 15.2. The van der Waals surface area contributed by atoms with Gasteiger partial charge in [-0.2, -0.15) is 4.98 Å². The Hall–Kier alpha value is -1.39. The Morgan fingerprint density at radius 1 is 1.09 bits per heavy atom. The van der Waals surface area contributed by atoms with Gasteiger partial charge in [0.15, 0.2) is 0 Å². The van der Waals surface area contributed by atoms with Crippen LogP contribution in [-0.2, 0) is 6.54 Å². The van der Waals surface area contributed by atoms with Crippen molar-refractivity contribution in [3.8, 4) is 11.4 Å². The number of halogens is 1. The van der Waals surface area contributed by atoms with Crippen molar-refractivity contribution in [1.82, 2.24) is 15.0 Å². The zero-order valence-corrected chi connectivity index (χ0v) is 14.0. The summed E-state index contributed by atoms with van der Waals surface area (Å²) in [5.41, 5.74) is 0.940. The van der Waals surface area contributed by atoms with Crippen LogP contribution >= 0.6 is 11.6 Å². The van der Waals surface area contributed by atoms with Gasteiger partial charge in [0.05, 0.1) is 6.54 Å². The summed E-state index contributed by atoms with van der Waals surface area (Å²) in [6, 6.07) is 7.54. The molecule has 1 aliphatic carbocycles. The van der Waals surface area contributed by atoms with E-state index in [9.17, 15) is 0 Å². The smallest absolute Gasteiger partial charge is 0.241 e. The van der Waals surface area contributed by atoms with Crippen LogP contribution in [0.5, 0.6) is 0 Å². The fourth-order valence-corrected chi connectivity index (χ4v) is 4.17. The largest absolute Gasteiger partial charge is 0.338 e. The highest BCUT2D eigenvalue weighted by Crippen LogP contribution is 2.36. The SMILES string of the molecule is Clc1ccc(-c2noc(CN3CC[C@@H]4CCCC[C@@H]4C3)n2)cc1. The minimum atomic E-state index is 0.643. The van der Waals surface area contributed by atoms with Crippen LogP contribution < -0.4 is 0 Å². The van der Waals surface area contributed by atoms with Crippen molar-refractivity contribution in [2.45, 2.75) is 38.6 Å². The molecule has 2 fully saturated rings. The van der Waals surface area contributed by atoms with Crippen LogP contribution in [-0.4, -0.2) is 28.1 Å². The predicted molar refractivity (Wildman–Crippen MR) is 90.1 cm³/mol. The van der Waals surface area contributed by atoms with E-state index in [2.05, 4.69) is 15.0 Å². The van der Waals surface area contributed by atoms with Gasteiger partial charge in [0.1, 0.15) is 0 Å². The molecule has 2 atom stereocenters. The van der Waals surface area contributed by atoms with Gasteiger partial charge in [0.25, 0.3) is 0 Å². The Morgan fingerprint density at radius 2 is 1.87 bits per heavy atom. The first-order valence-corrected chi connectivity index (χ1v) is 8.96. The normalized spacial score (nSPS) is 25.3. The van der Waals surface area contributed by atoms with Crippen LogP contribution in [0, 0.1) is 11.8 Å². The van der Waals surface area contributed by atoms with Gasteiger partial charge >= 0.3 is 0 Å². The summed E-state index contributed by atoms with van der Waals surface area (Å²) in [7, 11) is 0. The van der Waals surface area contributed by atoms with E-state index in [1.54, 1.807) is 0 Å². The van der Waals surface area contributed by atoms with Crippen molar-refractivity contribution in [2.75, 3.05) is 13.1 Å². The van der Waals surface area contributed by atoms with Crippen molar-refractivity contribution in [3.05, 3.63) is 35.2 Å². The third kappa shape index (κ3) is 3.43. The zero-order valence-electron chi connectivity index (χ0n) is 13.2. The summed E-state index contributed by atoms with van der Waals surface area (Å²) in [5, 5.41) is 4.82. The molecule has 5 heteroatoms. The van der Waals surface area contributed by atoms with Crippen LogP contribution in [0.1, 0.15) is 38.0 Å². The second-order valence-electron chi connectivity index (χ2n) is 6.85. The Morgan fingerprint density at radius 3 is 2.70 bits per heavy atom. The standard InChI is InChI=1S/C18H22ClN3O/c19-16-7-5-14(6-8-16)18-20-17(23-21-18)12-22-10-9-13-3-1-2-4-15(13)11-22/h5-8,13,15H,1-4,9-12H2/t13-,15+/m0/s1. The van der Waals surface area contributed by atoms with Gasteiger partial charge in [-0.1, -0.05) is 36.0 Å². The van der Waals surface area contributed by atoms with Crippen LogP contribution in [0.2, 0.25) is 5.02 Å². The molecule has 1 aliphatic heterocycles. The molecule has 0 amide bonds. The second-order valence-corrected chi connectivity index (χ2v) is 7.28. The van der Waals surface area contributed by atoms with Crippen molar-refractivity contribution in [2.24, 2.45) is 11.8 Å². The lowest BCUT2D eigenvalue weighted by atomic mass is 9.75. The fourth-order valence-electron chi connectivity index (χ4n) is 4.05. The molecular formula is C18H22ClN3O. The number of nitrogens with zero attached hydrogens (tertiary/aromatic N) is 3. The van der Waals surface area contributed by atoms with Crippen molar-refractivity contribution < 1.29 is 4.52 Å². The van der Waals surface area contributed by atoms with Crippen LogP contribution in [0.4, 0.5) is 0 Å². The highest BCUT2D eigenvalue weighted by atomic mass is 35.5. The number of rotatable bonds is 3. The van der Waals surface area contributed by atoms with Gasteiger partial charge in [0, 0.05) is 17.1 Å². The third-order valence-corrected chi connectivity index (χ3v) is 5.56. The topological polar surface area (TPSA) is 42.2 Å². The number of hydrogen-bond acceptors (Lipinski definition) is 4. The summed E-state index contributed by atoms with van der Waals surface area (Å²) in [4.78, 5) is 7.02. The van der Waals surface area contributed by atoms with Gasteiger partial charge in [-0.05, 0) is 55.5 Å². The average molecular weight is 332 g/mol. The molecule has 0 radical (unpaired) electrons. The number of hydrogen-bond donors (Lipinski definition) is 0.